The van der Waals surface area contributed by atoms with Crippen molar-refractivity contribution in [3.63, 3.8) is 0 Å². The van der Waals surface area contributed by atoms with Crippen molar-refractivity contribution in [2.75, 3.05) is 0 Å². The molecule has 1 aliphatic rings. The Morgan fingerprint density at radius 3 is 2.67 bits per heavy atom. The molecule has 114 valence electrons. The molecule has 2 unspecified atom stereocenters. The third-order valence-electron chi connectivity index (χ3n) is 3.73. The molecule has 0 spiro atoms. The lowest BCUT2D eigenvalue weighted by atomic mass is 9.98. The standard InChI is InChI=1S/C15H18BrFN2O2/c1-8(2)13-15(21)19(9(3)14(20)18-13)7-10-5-4-6-11(17)12(10)16/h4-6,8-9,13H,7H2,1-3H3,(H,18,20). The summed E-state index contributed by atoms with van der Waals surface area (Å²) in [5, 5.41) is 2.74. The monoisotopic (exact) mass is 356 g/mol. The molecule has 1 N–H and O–H groups in total. The van der Waals surface area contributed by atoms with Gasteiger partial charge in [-0.05, 0) is 40.4 Å². The molecule has 1 fully saturated rings. The van der Waals surface area contributed by atoms with Crippen molar-refractivity contribution in [2.24, 2.45) is 5.92 Å². The fourth-order valence-electron chi connectivity index (χ4n) is 2.37. The van der Waals surface area contributed by atoms with Gasteiger partial charge in [0.15, 0.2) is 0 Å². The van der Waals surface area contributed by atoms with E-state index in [-0.39, 0.29) is 30.1 Å². The van der Waals surface area contributed by atoms with E-state index in [9.17, 15) is 14.0 Å². The number of amides is 2. The molecule has 1 heterocycles. The summed E-state index contributed by atoms with van der Waals surface area (Å²) < 4.78 is 13.9. The predicted molar refractivity (Wildman–Crippen MR) is 80.9 cm³/mol. The van der Waals surface area contributed by atoms with Gasteiger partial charge in [-0.1, -0.05) is 26.0 Å². The average molecular weight is 357 g/mol. The summed E-state index contributed by atoms with van der Waals surface area (Å²) in [6, 6.07) is 3.58. The molecule has 1 aromatic carbocycles. The van der Waals surface area contributed by atoms with Gasteiger partial charge in [0.2, 0.25) is 11.8 Å². The Labute approximate surface area is 131 Å². The normalized spacial score (nSPS) is 22.7. The summed E-state index contributed by atoms with van der Waals surface area (Å²) in [7, 11) is 0. The number of carbonyl (C=O) groups is 2. The van der Waals surface area contributed by atoms with Gasteiger partial charge in [0.1, 0.15) is 17.9 Å². The second-order valence-corrected chi connectivity index (χ2v) is 6.38. The number of halogens is 2. The number of nitrogens with one attached hydrogen (secondary N) is 1. The number of hydrogen-bond donors (Lipinski definition) is 1. The zero-order valence-electron chi connectivity index (χ0n) is 12.2. The molecular weight excluding hydrogens is 339 g/mol. The van der Waals surface area contributed by atoms with Crippen molar-refractivity contribution in [3.8, 4) is 0 Å². The Bertz CT molecular complexity index is 577. The molecule has 0 saturated carbocycles. The summed E-state index contributed by atoms with van der Waals surface area (Å²) in [5.74, 6) is -0.684. The van der Waals surface area contributed by atoms with E-state index in [1.807, 2.05) is 13.8 Å². The van der Waals surface area contributed by atoms with Gasteiger partial charge in [-0.3, -0.25) is 9.59 Å². The van der Waals surface area contributed by atoms with Crippen molar-refractivity contribution in [3.05, 3.63) is 34.1 Å². The molecule has 0 aromatic heterocycles. The lowest BCUT2D eigenvalue weighted by molar-refractivity contribution is -0.150. The lowest BCUT2D eigenvalue weighted by Gasteiger charge is -2.39. The number of piperazine rings is 1. The highest BCUT2D eigenvalue weighted by molar-refractivity contribution is 9.10. The number of hydrogen-bond acceptors (Lipinski definition) is 2. The first kappa shape index (κ1) is 15.9. The average Bonchev–Trinajstić information content (AvgIpc) is 2.43. The Morgan fingerprint density at radius 2 is 2.05 bits per heavy atom. The molecular formula is C15H18BrFN2O2. The van der Waals surface area contributed by atoms with Crippen LogP contribution in [0, 0.1) is 11.7 Å². The molecule has 1 saturated heterocycles. The summed E-state index contributed by atoms with van der Waals surface area (Å²) in [6.45, 7) is 5.65. The van der Waals surface area contributed by atoms with Gasteiger partial charge in [0.25, 0.3) is 0 Å². The SMILES string of the molecule is CC(C)C1NC(=O)C(C)N(Cc2cccc(F)c2Br)C1=O. The Hall–Kier alpha value is -1.43. The van der Waals surface area contributed by atoms with Crippen LogP contribution in [0.2, 0.25) is 0 Å². The van der Waals surface area contributed by atoms with Crippen LogP contribution in [-0.2, 0) is 16.1 Å². The smallest absolute Gasteiger partial charge is 0.246 e. The zero-order chi connectivity index (χ0) is 15.7. The Morgan fingerprint density at radius 1 is 1.38 bits per heavy atom. The molecule has 2 rings (SSSR count). The van der Waals surface area contributed by atoms with Crippen LogP contribution in [0.4, 0.5) is 4.39 Å². The quantitative estimate of drug-likeness (QED) is 0.904. The predicted octanol–water partition coefficient (Wildman–Crippen LogP) is 2.46. The molecule has 1 aliphatic heterocycles. The number of nitrogens with zero attached hydrogens (tertiary/aromatic N) is 1. The van der Waals surface area contributed by atoms with Gasteiger partial charge in [-0.15, -0.1) is 0 Å². The fraction of sp³-hybridized carbons (Fsp3) is 0.467. The third kappa shape index (κ3) is 3.10. The highest BCUT2D eigenvalue weighted by Gasteiger charge is 2.39. The maximum atomic E-state index is 13.6. The second kappa shape index (κ2) is 6.13. The maximum absolute atomic E-state index is 13.6. The first-order valence-electron chi connectivity index (χ1n) is 6.86. The Kier molecular flexibility index (Phi) is 4.66. The topological polar surface area (TPSA) is 49.4 Å². The minimum absolute atomic E-state index is 0.00685. The van der Waals surface area contributed by atoms with E-state index >= 15 is 0 Å². The van der Waals surface area contributed by atoms with Crippen molar-refractivity contribution >= 4 is 27.7 Å². The van der Waals surface area contributed by atoms with Crippen LogP contribution in [0.25, 0.3) is 0 Å². The minimum Gasteiger partial charge on any atom is -0.342 e. The largest absolute Gasteiger partial charge is 0.342 e. The Balaban J connectivity index is 2.29. The van der Waals surface area contributed by atoms with E-state index in [2.05, 4.69) is 21.2 Å². The molecule has 0 radical (unpaired) electrons. The third-order valence-corrected chi connectivity index (χ3v) is 4.62. The van der Waals surface area contributed by atoms with Crippen molar-refractivity contribution in [1.29, 1.82) is 0 Å². The second-order valence-electron chi connectivity index (χ2n) is 5.59. The maximum Gasteiger partial charge on any atom is 0.246 e. The van der Waals surface area contributed by atoms with Crippen LogP contribution in [0.1, 0.15) is 26.3 Å². The molecule has 2 amide bonds. The van der Waals surface area contributed by atoms with Crippen LogP contribution >= 0.6 is 15.9 Å². The van der Waals surface area contributed by atoms with Crippen LogP contribution in [0.5, 0.6) is 0 Å². The summed E-state index contributed by atoms with van der Waals surface area (Å²) in [4.78, 5) is 26.0. The number of benzene rings is 1. The lowest BCUT2D eigenvalue weighted by Crippen LogP contribution is -2.63. The van der Waals surface area contributed by atoms with Crippen LogP contribution in [0.15, 0.2) is 22.7 Å². The van der Waals surface area contributed by atoms with Crippen molar-refractivity contribution in [1.82, 2.24) is 10.2 Å². The van der Waals surface area contributed by atoms with Crippen LogP contribution < -0.4 is 5.32 Å². The first-order valence-corrected chi connectivity index (χ1v) is 7.66. The molecule has 2 atom stereocenters. The van der Waals surface area contributed by atoms with Gasteiger partial charge in [-0.2, -0.15) is 0 Å². The number of carbonyl (C=O) groups excluding carboxylic acids is 2. The minimum atomic E-state index is -0.567. The van der Waals surface area contributed by atoms with E-state index < -0.39 is 12.1 Å². The molecule has 21 heavy (non-hydrogen) atoms. The van der Waals surface area contributed by atoms with Gasteiger partial charge in [0, 0.05) is 6.54 Å². The van der Waals surface area contributed by atoms with E-state index in [4.69, 9.17) is 0 Å². The van der Waals surface area contributed by atoms with Gasteiger partial charge < -0.3 is 10.2 Å². The fourth-order valence-corrected chi connectivity index (χ4v) is 2.76. The highest BCUT2D eigenvalue weighted by atomic mass is 79.9. The molecule has 6 heteroatoms. The first-order chi connectivity index (χ1) is 9.82. The highest BCUT2D eigenvalue weighted by Crippen LogP contribution is 2.24. The summed E-state index contributed by atoms with van der Waals surface area (Å²) in [6.07, 6.45) is 0. The molecule has 0 aliphatic carbocycles. The van der Waals surface area contributed by atoms with Crippen LogP contribution in [-0.4, -0.2) is 28.8 Å². The summed E-state index contributed by atoms with van der Waals surface area (Å²) in [5.41, 5.74) is 0.646. The number of rotatable bonds is 3. The van der Waals surface area contributed by atoms with Gasteiger partial charge >= 0.3 is 0 Å². The zero-order valence-corrected chi connectivity index (χ0v) is 13.8. The molecule has 1 aromatic rings. The van der Waals surface area contributed by atoms with E-state index in [1.54, 1.807) is 19.1 Å². The van der Waals surface area contributed by atoms with Crippen molar-refractivity contribution < 1.29 is 14.0 Å². The molecule has 0 bridgehead atoms. The van der Waals surface area contributed by atoms with Gasteiger partial charge in [0.05, 0.1) is 4.47 Å². The van der Waals surface area contributed by atoms with E-state index in [0.29, 0.717) is 10.0 Å². The summed E-state index contributed by atoms with van der Waals surface area (Å²) >= 11 is 3.19. The van der Waals surface area contributed by atoms with E-state index in [0.717, 1.165) is 0 Å². The van der Waals surface area contributed by atoms with E-state index in [1.165, 1.54) is 11.0 Å². The molecule has 4 nitrogen and oxygen atoms in total. The van der Waals surface area contributed by atoms with Crippen molar-refractivity contribution in [2.45, 2.75) is 39.4 Å². The van der Waals surface area contributed by atoms with Crippen LogP contribution in [0.3, 0.4) is 0 Å². The van der Waals surface area contributed by atoms with Gasteiger partial charge in [-0.25, -0.2) is 4.39 Å².